The molecular formula is C16H14N4O. The number of hydrogen-bond donors (Lipinski definition) is 1. The summed E-state index contributed by atoms with van der Waals surface area (Å²) in [7, 11) is 0. The summed E-state index contributed by atoms with van der Waals surface area (Å²) in [5.74, 6) is 0.836. The van der Waals surface area contributed by atoms with Gasteiger partial charge in [0.15, 0.2) is 0 Å². The second-order valence-corrected chi connectivity index (χ2v) is 4.87. The van der Waals surface area contributed by atoms with Gasteiger partial charge in [0.05, 0.1) is 5.56 Å². The van der Waals surface area contributed by atoms with Gasteiger partial charge in [-0.2, -0.15) is 5.26 Å². The third-order valence-corrected chi connectivity index (χ3v) is 3.40. The van der Waals surface area contributed by atoms with Crippen LogP contribution in [0.3, 0.4) is 0 Å². The van der Waals surface area contributed by atoms with Crippen LogP contribution in [0.2, 0.25) is 0 Å². The maximum absolute atomic E-state index is 11.8. The monoisotopic (exact) mass is 278 g/mol. The van der Waals surface area contributed by atoms with Crippen LogP contribution in [0.25, 0.3) is 0 Å². The molecule has 2 aromatic rings. The molecule has 1 fully saturated rings. The van der Waals surface area contributed by atoms with Crippen molar-refractivity contribution in [2.45, 2.75) is 12.8 Å². The standard InChI is InChI=1S/C16H14N4O/c17-10-12-6-7-15(18-11-12)19-13-3-1-4-14(9-13)20-8-2-5-16(20)21/h1,3-4,6-7,9,11H,2,5,8H2,(H,18,19). The van der Waals surface area contributed by atoms with Crippen LogP contribution in [0.15, 0.2) is 42.6 Å². The molecule has 104 valence electrons. The first-order chi connectivity index (χ1) is 10.3. The van der Waals surface area contributed by atoms with Gasteiger partial charge in [0.1, 0.15) is 11.9 Å². The number of nitrogens with one attached hydrogen (secondary N) is 1. The fraction of sp³-hybridized carbons (Fsp3) is 0.188. The Morgan fingerprint density at radius 2 is 2.19 bits per heavy atom. The molecule has 0 unspecified atom stereocenters. The summed E-state index contributed by atoms with van der Waals surface area (Å²) in [6, 6.07) is 13.2. The molecule has 0 spiro atoms. The van der Waals surface area contributed by atoms with E-state index >= 15 is 0 Å². The summed E-state index contributed by atoms with van der Waals surface area (Å²) in [5, 5.41) is 11.9. The van der Waals surface area contributed by atoms with Crippen molar-refractivity contribution in [3.8, 4) is 6.07 Å². The molecule has 3 rings (SSSR count). The first-order valence-electron chi connectivity index (χ1n) is 6.80. The molecule has 0 saturated carbocycles. The van der Waals surface area contributed by atoms with E-state index in [1.54, 1.807) is 17.0 Å². The molecule has 1 aromatic heterocycles. The molecule has 0 atom stereocenters. The van der Waals surface area contributed by atoms with E-state index in [1.807, 2.05) is 30.3 Å². The second-order valence-electron chi connectivity index (χ2n) is 4.87. The summed E-state index contributed by atoms with van der Waals surface area (Å²) in [4.78, 5) is 17.8. The van der Waals surface area contributed by atoms with Crippen molar-refractivity contribution in [1.29, 1.82) is 5.26 Å². The minimum Gasteiger partial charge on any atom is -0.340 e. The van der Waals surface area contributed by atoms with Gasteiger partial charge in [0.2, 0.25) is 5.91 Å². The molecule has 21 heavy (non-hydrogen) atoms. The van der Waals surface area contributed by atoms with Crippen LogP contribution in [-0.4, -0.2) is 17.4 Å². The molecule has 0 bridgehead atoms. The Morgan fingerprint density at radius 3 is 2.86 bits per heavy atom. The molecule has 0 aliphatic carbocycles. The summed E-state index contributed by atoms with van der Waals surface area (Å²) in [6.07, 6.45) is 3.05. The summed E-state index contributed by atoms with van der Waals surface area (Å²) >= 11 is 0. The Hall–Kier alpha value is -2.87. The second kappa shape index (κ2) is 5.63. The number of carbonyl (C=O) groups excluding carboxylic acids is 1. The van der Waals surface area contributed by atoms with Gasteiger partial charge in [-0.15, -0.1) is 0 Å². The smallest absolute Gasteiger partial charge is 0.227 e. The number of anilines is 3. The minimum absolute atomic E-state index is 0.170. The summed E-state index contributed by atoms with van der Waals surface area (Å²) < 4.78 is 0. The van der Waals surface area contributed by atoms with Crippen molar-refractivity contribution in [2.75, 3.05) is 16.8 Å². The van der Waals surface area contributed by atoms with Crippen LogP contribution in [0.4, 0.5) is 17.2 Å². The van der Waals surface area contributed by atoms with Gasteiger partial charge in [-0.05, 0) is 36.8 Å². The van der Waals surface area contributed by atoms with Gasteiger partial charge >= 0.3 is 0 Å². The molecular weight excluding hydrogens is 264 g/mol. The fourth-order valence-electron chi connectivity index (χ4n) is 2.35. The molecule has 2 heterocycles. The quantitative estimate of drug-likeness (QED) is 0.937. The zero-order valence-electron chi connectivity index (χ0n) is 11.4. The highest BCUT2D eigenvalue weighted by molar-refractivity contribution is 5.95. The third kappa shape index (κ3) is 2.84. The van der Waals surface area contributed by atoms with E-state index in [2.05, 4.69) is 10.3 Å². The number of rotatable bonds is 3. The Balaban J connectivity index is 1.79. The number of hydrogen-bond acceptors (Lipinski definition) is 4. The highest BCUT2D eigenvalue weighted by Crippen LogP contribution is 2.25. The molecule has 1 aliphatic heterocycles. The first kappa shape index (κ1) is 13.1. The van der Waals surface area contributed by atoms with E-state index in [9.17, 15) is 4.79 Å². The first-order valence-corrected chi connectivity index (χ1v) is 6.80. The normalized spacial score (nSPS) is 14.0. The number of carbonyl (C=O) groups is 1. The lowest BCUT2D eigenvalue weighted by Crippen LogP contribution is -2.23. The molecule has 1 amide bonds. The Labute approximate surface area is 122 Å². The third-order valence-electron chi connectivity index (χ3n) is 3.40. The predicted octanol–water partition coefficient (Wildman–Crippen LogP) is 2.82. The number of nitriles is 1. The molecule has 1 saturated heterocycles. The topological polar surface area (TPSA) is 69.0 Å². The van der Waals surface area contributed by atoms with E-state index in [1.165, 1.54) is 6.20 Å². The van der Waals surface area contributed by atoms with E-state index in [0.29, 0.717) is 17.8 Å². The average molecular weight is 278 g/mol. The molecule has 5 nitrogen and oxygen atoms in total. The lowest BCUT2D eigenvalue weighted by molar-refractivity contribution is -0.117. The van der Waals surface area contributed by atoms with E-state index < -0.39 is 0 Å². The van der Waals surface area contributed by atoms with Gasteiger partial charge in [0, 0.05) is 30.5 Å². The van der Waals surface area contributed by atoms with Gasteiger partial charge < -0.3 is 10.2 Å². The van der Waals surface area contributed by atoms with Crippen molar-refractivity contribution < 1.29 is 4.79 Å². The molecule has 5 heteroatoms. The van der Waals surface area contributed by atoms with Gasteiger partial charge in [-0.3, -0.25) is 4.79 Å². The van der Waals surface area contributed by atoms with Crippen molar-refractivity contribution in [1.82, 2.24) is 4.98 Å². The summed E-state index contributed by atoms with van der Waals surface area (Å²) in [6.45, 7) is 0.775. The Kier molecular flexibility index (Phi) is 3.52. The molecule has 1 aliphatic rings. The maximum Gasteiger partial charge on any atom is 0.227 e. The van der Waals surface area contributed by atoms with Crippen molar-refractivity contribution in [3.05, 3.63) is 48.2 Å². The van der Waals surface area contributed by atoms with Crippen LogP contribution in [-0.2, 0) is 4.79 Å². The zero-order chi connectivity index (χ0) is 14.7. The number of pyridine rings is 1. The van der Waals surface area contributed by atoms with E-state index in [4.69, 9.17) is 5.26 Å². The predicted molar refractivity (Wildman–Crippen MR) is 80.3 cm³/mol. The van der Waals surface area contributed by atoms with Crippen LogP contribution in [0.5, 0.6) is 0 Å². The maximum atomic E-state index is 11.8. The molecule has 0 radical (unpaired) electrons. The van der Waals surface area contributed by atoms with Gasteiger partial charge in [-0.1, -0.05) is 6.07 Å². The van der Waals surface area contributed by atoms with Crippen molar-refractivity contribution >= 4 is 23.1 Å². The Morgan fingerprint density at radius 1 is 1.29 bits per heavy atom. The Bertz CT molecular complexity index is 703. The number of benzene rings is 1. The van der Waals surface area contributed by atoms with Gasteiger partial charge in [0.25, 0.3) is 0 Å². The molecule has 1 aromatic carbocycles. The van der Waals surface area contributed by atoms with Crippen LogP contribution < -0.4 is 10.2 Å². The van der Waals surface area contributed by atoms with E-state index in [-0.39, 0.29) is 5.91 Å². The van der Waals surface area contributed by atoms with Crippen LogP contribution in [0, 0.1) is 11.3 Å². The highest BCUT2D eigenvalue weighted by atomic mass is 16.2. The van der Waals surface area contributed by atoms with Crippen molar-refractivity contribution in [2.24, 2.45) is 0 Å². The number of amides is 1. The van der Waals surface area contributed by atoms with Crippen LogP contribution >= 0.6 is 0 Å². The average Bonchev–Trinajstić information content (AvgIpc) is 2.94. The number of nitrogens with zero attached hydrogens (tertiary/aromatic N) is 3. The number of aromatic nitrogens is 1. The lowest BCUT2D eigenvalue weighted by atomic mass is 10.2. The largest absolute Gasteiger partial charge is 0.340 e. The lowest BCUT2D eigenvalue weighted by Gasteiger charge is -2.16. The SMILES string of the molecule is N#Cc1ccc(Nc2cccc(N3CCCC3=O)c2)nc1. The van der Waals surface area contributed by atoms with Gasteiger partial charge in [-0.25, -0.2) is 4.98 Å². The zero-order valence-corrected chi connectivity index (χ0v) is 11.4. The minimum atomic E-state index is 0.170. The van der Waals surface area contributed by atoms with Crippen LogP contribution in [0.1, 0.15) is 18.4 Å². The molecule has 1 N–H and O–H groups in total. The highest BCUT2D eigenvalue weighted by Gasteiger charge is 2.21. The fourth-order valence-corrected chi connectivity index (χ4v) is 2.35. The summed E-state index contributed by atoms with van der Waals surface area (Å²) in [5.41, 5.74) is 2.29. The van der Waals surface area contributed by atoms with E-state index in [0.717, 1.165) is 24.3 Å². The van der Waals surface area contributed by atoms with Crippen molar-refractivity contribution in [3.63, 3.8) is 0 Å².